The summed E-state index contributed by atoms with van der Waals surface area (Å²) in [6.07, 6.45) is 3.08. The first-order valence-electron chi connectivity index (χ1n) is 8.49. The highest BCUT2D eigenvalue weighted by Gasteiger charge is 2.27. The first-order chi connectivity index (χ1) is 12.9. The van der Waals surface area contributed by atoms with E-state index in [2.05, 4.69) is 4.98 Å². The van der Waals surface area contributed by atoms with Gasteiger partial charge in [0.1, 0.15) is 0 Å². The third kappa shape index (κ3) is 3.91. The molecule has 0 unspecified atom stereocenters. The minimum Gasteiger partial charge on any atom is -0.376 e. The van der Waals surface area contributed by atoms with Crippen LogP contribution in [0.4, 0.5) is 5.13 Å². The summed E-state index contributed by atoms with van der Waals surface area (Å²) in [5.41, 5.74) is 0.679. The number of sulfone groups is 1. The molecule has 2 aromatic heterocycles. The van der Waals surface area contributed by atoms with Gasteiger partial charge >= 0.3 is 0 Å². The van der Waals surface area contributed by atoms with Crippen molar-refractivity contribution in [2.24, 2.45) is 0 Å². The van der Waals surface area contributed by atoms with Crippen LogP contribution >= 0.6 is 22.7 Å². The normalized spacial score (nSPS) is 17.4. The number of carbonyl (C=O) groups is 1. The molecule has 142 valence electrons. The van der Waals surface area contributed by atoms with Crippen molar-refractivity contribution in [1.29, 1.82) is 0 Å². The molecule has 3 aromatic rings. The lowest BCUT2D eigenvalue weighted by atomic mass is 10.2. The maximum Gasteiger partial charge on any atom is 0.270 e. The second-order valence-electron chi connectivity index (χ2n) is 6.43. The highest BCUT2D eigenvalue weighted by molar-refractivity contribution is 7.90. The van der Waals surface area contributed by atoms with Gasteiger partial charge in [0, 0.05) is 12.9 Å². The molecule has 1 saturated heterocycles. The van der Waals surface area contributed by atoms with Crippen molar-refractivity contribution >= 4 is 53.8 Å². The number of rotatable bonds is 5. The van der Waals surface area contributed by atoms with Crippen molar-refractivity contribution in [2.75, 3.05) is 24.3 Å². The Balaban J connectivity index is 1.73. The molecule has 0 N–H and O–H groups in total. The molecule has 6 nitrogen and oxygen atoms in total. The molecule has 3 heterocycles. The Kier molecular flexibility index (Phi) is 5.02. The summed E-state index contributed by atoms with van der Waals surface area (Å²) in [4.78, 5) is 20.2. The van der Waals surface area contributed by atoms with E-state index in [1.165, 1.54) is 28.9 Å². The molecule has 1 amide bonds. The molecular weight excluding hydrogens is 404 g/mol. The second-order valence-corrected chi connectivity index (χ2v) is 10.4. The van der Waals surface area contributed by atoms with E-state index < -0.39 is 9.84 Å². The van der Waals surface area contributed by atoms with Gasteiger partial charge in [0.05, 0.1) is 32.6 Å². The standard InChI is InChI=1S/C18H18N2O4S3/c1-27(22,23)13-6-7-14-16(10-13)26-18(19-14)20(11-12-4-2-8-24-12)17(21)15-5-3-9-25-15/h3,5-7,9-10,12H,2,4,8,11H2,1H3/t12-/m0/s1. The smallest absolute Gasteiger partial charge is 0.270 e. The van der Waals surface area contributed by atoms with Crippen LogP contribution in [0.25, 0.3) is 10.2 Å². The number of thiazole rings is 1. The number of nitrogens with zero attached hydrogens (tertiary/aromatic N) is 2. The van der Waals surface area contributed by atoms with E-state index in [0.29, 0.717) is 28.7 Å². The van der Waals surface area contributed by atoms with E-state index >= 15 is 0 Å². The fraction of sp³-hybridized carbons (Fsp3) is 0.333. The second kappa shape index (κ2) is 7.31. The van der Waals surface area contributed by atoms with Crippen LogP contribution in [-0.2, 0) is 14.6 Å². The molecule has 0 saturated carbocycles. The molecular formula is C18H18N2O4S3. The van der Waals surface area contributed by atoms with Crippen LogP contribution in [0.1, 0.15) is 22.5 Å². The molecule has 9 heteroatoms. The summed E-state index contributed by atoms with van der Waals surface area (Å²) >= 11 is 2.71. The average molecular weight is 423 g/mol. The zero-order chi connectivity index (χ0) is 19.0. The summed E-state index contributed by atoms with van der Waals surface area (Å²) in [7, 11) is -3.30. The van der Waals surface area contributed by atoms with Gasteiger partial charge in [-0.2, -0.15) is 0 Å². The molecule has 0 radical (unpaired) electrons. The first kappa shape index (κ1) is 18.5. The summed E-state index contributed by atoms with van der Waals surface area (Å²) in [6, 6.07) is 8.49. The molecule has 1 aliphatic rings. The van der Waals surface area contributed by atoms with Gasteiger partial charge in [0.25, 0.3) is 5.91 Å². The lowest BCUT2D eigenvalue weighted by Crippen LogP contribution is -2.37. The molecule has 0 spiro atoms. The molecule has 0 aliphatic carbocycles. The minimum atomic E-state index is -3.30. The Morgan fingerprint density at radius 3 is 2.89 bits per heavy atom. The van der Waals surface area contributed by atoms with Crippen LogP contribution in [0.5, 0.6) is 0 Å². The molecule has 1 aromatic carbocycles. The fourth-order valence-electron chi connectivity index (χ4n) is 3.01. The predicted molar refractivity (Wildman–Crippen MR) is 108 cm³/mol. The number of ether oxygens (including phenoxy) is 1. The van der Waals surface area contributed by atoms with Gasteiger partial charge in [-0.3, -0.25) is 9.69 Å². The minimum absolute atomic E-state index is 0.00694. The van der Waals surface area contributed by atoms with E-state index in [-0.39, 0.29) is 16.9 Å². The number of hydrogen-bond acceptors (Lipinski definition) is 7. The van der Waals surface area contributed by atoms with Gasteiger partial charge in [0.15, 0.2) is 15.0 Å². The van der Waals surface area contributed by atoms with Crippen molar-refractivity contribution in [2.45, 2.75) is 23.8 Å². The summed E-state index contributed by atoms with van der Waals surface area (Å²) in [6.45, 7) is 1.15. The number of fused-ring (bicyclic) bond motifs is 1. The van der Waals surface area contributed by atoms with E-state index in [1.54, 1.807) is 29.2 Å². The van der Waals surface area contributed by atoms with Crippen LogP contribution in [-0.4, -0.2) is 44.8 Å². The summed E-state index contributed by atoms with van der Waals surface area (Å²) < 4.78 is 30.1. The van der Waals surface area contributed by atoms with Crippen molar-refractivity contribution in [3.8, 4) is 0 Å². The first-order valence-corrected chi connectivity index (χ1v) is 12.1. The Bertz CT molecular complexity index is 1070. The Labute approximate surface area is 165 Å². The van der Waals surface area contributed by atoms with E-state index in [4.69, 9.17) is 4.74 Å². The largest absolute Gasteiger partial charge is 0.376 e. The van der Waals surface area contributed by atoms with E-state index in [0.717, 1.165) is 17.5 Å². The number of carbonyl (C=O) groups excluding carboxylic acids is 1. The van der Waals surface area contributed by atoms with Crippen LogP contribution in [0.15, 0.2) is 40.6 Å². The molecule has 0 bridgehead atoms. The SMILES string of the molecule is CS(=O)(=O)c1ccc2nc(N(C[C@@H]3CCCO3)C(=O)c3cccs3)sc2c1. The van der Waals surface area contributed by atoms with Crippen LogP contribution < -0.4 is 4.90 Å². The quantitative estimate of drug-likeness (QED) is 0.628. The van der Waals surface area contributed by atoms with Gasteiger partial charge in [-0.05, 0) is 42.5 Å². The molecule has 1 fully saturated rings. The van der Waals surface area contributed by atoms with Gasteiger partial charge in [-0.1, -0.05) is 17.4 Å². The van der Waals surface area contributed by atoms with Crippen molar-refractivity contribution in [1.82, 2.24) is 4.98 Å². The summed E-state index contributed by atoms with van der Waals surface area (Å²) in [5.74, 6) is -0.108. The number of amides is 1. The monoisotopic (exact) mass is 422 g/mol. The van der Waals surface area contributed by atoms with Crippen molar-refractivity contribution in [3.05, 3.63) is 40.6 Å². The number of thiophene rings is 1. The molecule has 4 rings (SSSR count). The maximum atomic E-state index is 13.0. The molecule has 1 aliphatic heterocycles. The van der Waals surface area contributed by atoms with Crippen LogP contribution in [0, 0.1) is 0 Å². The average Bonchev–Trinajstić information content (AvgIpc) is 3.38. The lowest BCUT2D eigenvalue weighted by Gasteiger charge is -2.22. The number of aromatic nitrogens is 1. The van der Waals surface area contributed by atoms with Gasteiger partial charge in [-0.25, -0.2) is 13.4 Å². The topological polar surface area (TPSA) is 76.6 Å². The van der Waals surface area contributed by atoms with Gasteiger partial charge in [-0.15, -0.1) is 11.3 Å². The number of hydrogen-bond donors (Lipinski definition) is 0. The Morgan fingerprint density at radius 2 is 2.22 bits per heavy atom. The fourth-order valence-corrected chi connectivity index (χ4v) is 5.42. The van der Waals surface area contributed by atoms with E-state index in [1.807, 2.05) is 11.4 Å². The maximum absolute atomic E-state index is 13.0. The van der Waals surface area contributed by atoms with Crippen LogP contribution in [0.2, 0.25) is 0 Å². The highest BCUT2D eigenvalue weighted by atomic mass is 32.2. The highest BCUT2D eigenvalue weighted by Crippen LogP contribution is 2.32. The Morgan fingerprint density at radius 1 is 1.37 bits per heavy atom. The Hall–Kier alpha value is -1.81. The lowest BCUT2D eigenvalue weighted by molar-refractivity contribution is 0.0920. The predicted octanol–water partition coefficient (Wildman–Crippen LogP) is 3.59. The van der Waals surface area contributed by atoms with Crippen LogP contribution in [0.3, 0.4) is 0 Å². The summed E-state index contributed by atoms with van der Waals surface area (Å²) in [5, 5.41) is 2.43. The van der Waals surface area contributed by atoms with Crippen molar-refractivity contribution < 1.29 is 17.9 Å². The van der Waals surface area contributed by atoms with Crippen molar-refractivity contribution in [3.63, 3.8) is 0 Å². The van der Waals surface area contributed by atoms with E-state index in [9.17, 15) is 13.2 Å². The third-order valence-electron chi connectivity index (χ3n) is 4.39. The molecule has 1 atom stereocenters. The van der Waals surface area contributed by atoms with Gasteiger partial charge < -0.3 is 4.74 Å². The molecule has 27 heavy (non-hydrogen) atoms. The number of benzene rings is 1. The number of anilines is 1. The zero-order valence-corrected chi connectivity index (χ0v) is 17.1. The van der Waals surface area contributed by atoms with Gasteiger partial charge in [0.2, 0.25) is 0 Å². The third-order valence-corrected chi connectivity index (χ3v) is 7.40. The zero-order valence-electron chi connectivity index (χ0n) is 14.6.